The number of hydrogen-bond donors (Lipinski definition) is 1. The fourth-order valence-electron chi connectivity index (χ4n) is 4.61. The Kier molecular flexibility index (Phi) is 8.38. The molecule has 2 aromatic heterocycles. The molecule has 1 amide bonds. The van der Waals surface area contributed by atoms with Gasteiger partial charge in [-0.2, -0.15) is 0 Å². The topological polar surface area (TPSA) is 117 Å². The number of aromatic nitrogens is 2. The molecule has 10 heteroatoms. The average molecular weight is 526 g/mol. The molecule has 196 valence electrons. The third kappa shape index (κ3) is 5.74. The van der Waals surface area contributed by atoms with E-state index in [0.717, 1.165) is 43.4 Å². The lowest BCUT2D eigenvalue weighted by Gasteiger charge is -2.21. The fourth-order valence-corrected chi connectivity index (χ4v) is 5.64. The van der Waals surface area contributed by atoms with Gasteiger partial charge in [0.05, 0.1) is 23.9 Å². The van der Waals surface area contributed by atoms with Gasteiger partial charge < -0.3 is 14.8 Å². The average Bonchev–Trinajstić information content (AvgIpc) is 3.24. The molecule has 1 fully saturated rings. The molecule has 1 N–H and O–H groups in total. The maximum Gasteiger partial charge on any atom is 0.348 e. The van der Waals surface area contributed by atoms with Crippen LogP contribution in [0.25, 0.3) is 10.2 Å². The number of esters is 2. The molecule has 1 saturated carbocycles. The van der Waals surface area contributed by atoms with Gasteiger partial charge in [0, 0.05) is 5.69 Å². The number of benzene rings is 1. The number of nitrogens with zero attached hydrogens (tertiary/aromatic N) is 2. The maximum atomic E-state index is 13.5. The van der Waals surface area contributed by atoms with Crippen LogP contribution in [-0.2, 0) is 14.3 Å². The van der Waals surface area contributed by atoms with Gasteiger partial charge in [0.15, 0.2) is 0 Å². The van der Waals surface area contributed by atoms with E-state index in [0.29, 0.717) is 38.3 Å². The smallest absolute Gasteiger partial charge is 0.348 e. The highest BCUT2D eigenvalue weighted by atomic mass is 32.1. The van der Waals surface area contributed by atoms with Crippen molar-refractivity contribution in [3.63, 3.8) is 0 Å². The summed E-state index contributed by atoms with van der Waals surface area (Å²) in [5.74, 6) is -1.33. The van der Waals surface area contributed by atoms with Gasteiger partial charge in [-0.3, -0.25) is 14.2 Å². The predicted octanol–water partition coefficient (Wildman–Crippen LogP) is 5.02. The van der Waals surface area contributed by atoms with Crippen molar-refractivity contribution in [1.82, 2.24) is 9.55 Å². The lowest BCUT2D eigenvalue weighted by Crippen LogP contribution is -2.33. The molecule has 37 heavy (non-hydrogen) atoms. The molecule has 0 aliphatic heterocycles. The molecule has 1 aliphatic carbocycles. The van der Waals surface area contributed by atoms with Gasteiger partial charge in [-0.1, -0.05) is 19.4 Å². The number of carbonyl (C=O) groups is 3. The SMILES string of the molecule is CCOC(=O)c1cccc(NC(=O)C(CC)n2cnc3sc(C(=O)OC4CCCCC4)c(C)c3c2=O)c1. The Hall–Kier alpha value is -3.53. The number of nitrogens with one attached hydrogen (secondary N) is 1. The van der Waals surface area contributed by atoms with E-state index in [4.69, 9.17) is 9.47 Å². The summed E-state index contributed by atoms with van der Waals surface area (Å²) in [4.78, 5) is 56.8. The van der Waals surface area contributed by atoms with Crippen molar-refractivity contribution >= 4 is 45.1 Å². The van der Waals surface area contributed by atoms with Gasteiger partial charge in [0.25, 0.3) is 5.56 Å². The molecule has 0 radical (unpaired) electrons. The van der Waals surface area contributed by atoms with Crippen molar-refractivity contribution in [3.8, 4) is 0 Å². The lowest BCUT2D eigenvalue weighted by molar-refractivity contribution is -0.119. The highest BCUT2D eigenvalue weighted by Gasteiger charge is 2.27. The number of thiophene rings is 1. The van der Waals surface area contributed by atoms with Gasteiger partial charge in [0.1, 0.15) is 21.9 Å². The highest BCUT2D eigenvalue weighted by molar-refractivity contribution is 7.20. The molecule has 2 heterocycles. The zero-order chi connectivity index (χ0) is 26.5. The van der Waals surface area contributed by atoms with Crippen LogP contribution in [0, 0.1) is 6.92 Å². The van der Waals surface area contributed by atoms with E-state index < -0.39 is 29.4 Å². The Bertz CT molecular complexity index is 1370. The van der Waals surface area contributed by atoms with Crippen LogP contribution < -0.4 is 10.9 Å². The fraction of sp³-hybridized carbons (Fsp3) is 0.444. The molecule has 1 aliphatic rings. The Morgan fingerprint density at radius 1 is 1.16 bits per heavy atom. The maximum absolute atomic E-state index is 13.5. The van der Waals surface area contributed by atoms with E-state index in [1.54, 1.807) is 39.0 Å². The first-order valence-corrected chi connectivity index (χ1v) is 13.4. The van der Waals surface area contributed by atoms with Gasteiger partial charge in [-0.05, 0) is 69.7 Å². The largest absolute Gasteiger partial charge is 0.462 e. The number of rotatable bonds is 8. The number of aryl methyl sites for hydroxylation is 1. The summed E-state index contributed by atoms with van der Waals surface area (Å²) in [5, 5.41) is 3.10. The first kappa shape index (κ1) is 26.5. The molecule has 3 aromatic rings. The summed E-state index contributed by atoms with van der Waals surface area (Å²) in [6.07, 6.45) is 6.55. The minimum atomic E-state index is -0.840. The molecular weight excluding hydrogens is 494 g/mol. The summed E-state index contributed by atoms with van der Waals surface area (Å²) in [5.41, 5.74) is 0.854. The summed E-state index contributed by atoms with van der Waals surface area (Å²) < 4.78 is 12.0. The third-order valence-corrected chi connectivity index (χ3v) is 7.73. The number of fused-ring (bicyclic) bond motifs is 1. The minimum Gasteiger partial charge on any atom is -0.462 e. The van der Waals surface area contributed by atoms with Crippen molar-refractivity contribution in [1.29, 1.82) is 0 Å². The van der Waals surface area contributed by atoms with E-state index in [-0.39, 0.29) is 12.7 Å². The Labute approximate surface area is 218 Å². The van der Waals surface area contributed by atoms with Crippen LogP contribution >= 0.6 is 11.3 Å². The van der Waals surface area contributed by atoms with Crippen LogP contribution in [0.5, 0.6) is 0 Å². The van der Waals surface area contributed by atoms with Gasteiger partial charge in [-0.25, -0.2) is 14.6 Å². The Morgan fingerprint density at radius 2 is 1.92 bits per heavy atom. The zero-order valence-corrected chi connectivity index (χ0v) is 22.1. The number of hydrogen-bond acceptors (Lipinski definition) is 8. The first-order chi connectivity index (χ1) is 17.8. The first-order valence-electron chi connectivity index (χ1n) is 12.6. The number of amides is 1. The molecule has 1 atom stereocenters. The van der Waals surface area contributed by atoms with Gasteiger partial charge in [0.2, 0.25) is 5.91 Å². The van der Waals surface area contributed by atoms with Crippen LogP contribution in [0.3, 0.4) is 0 Å². The molecule has 1 unspecified atom stereocenters. The van der Waals surface area contributed by atoms with Crippen molar-refractivity contribution in [3.05, 3.63) is 57.0 Å². The predicted molar refractivity (Wildman–Crippen MR) is 141 cm³/mol. The molecule has 0 spiro atoms. The highest BCUT2D eigenvalue weighted by Crippen LogP contribution is 2.30. The zero-order valence-electron chi connectivity index (χ0n) is 21.2. The van der Waals surface area contributed by atoms with Crippen molar-refractivity contribution < 1.29 is 23.9 Å². The van der Waals surface area contributed by atoms with Gasteiger partial charge in [-0.15, -0.1) is 11.3 Å². The van der Waals surface area contributed by atoms with E-state index in [1.807, 2.05) is 0 Å². The molecule has 9 nitrogen and oxygen atoms in total. The van der Waals surface area contributed by atoms with E-state index in [9.17, 15) is 19.2 Å². The van der Waals surface area contributed by atoms with Crippen LogP contribution in [0.15, 0.2) is 35.4 Å². The van der Waals surface area contributed by atoms with Crippen LogP contribution in [0.4, 0.5) is 5.69 Å². The second-order valence-electron chi connectivity index (χ2n) is 9.07. The molecule has 0 saturated heterocycles. The monoisotopic (exact) mass is 525 g/mol. The molecule has 4 rings (SSSR count). The number of ether oxygens (including phenoxy) is 2. The summed E-state index contributed by atoms with van der Waals surface area (Å²) >= 11 is 1.14. The minimum absolute atomic E-state index is 0.0917. The molecule has 1 aromatic carbocycles. The van der Waals surface area contributed by atoms with Crippen molar-refractivity contribution in [2.45, 2.75) is 71.4 Å². The number of carbonyl (C=O) groups excluding carboxylic acids is 3. The quantitative estimate of drug-likeness (QED) is 0.410. The Morgan fingerprint density at radius 3 is 2.62 bits per heavy atom. The summed E-state index contributed by atoms with van der Waals surface area (Å²) in [7, 11) is 0. The normalized spacial score (nSPS) is 14.8. The van der Waals surface area contributed by atoms with Crippen molar-refractivity contribution in [2.24, 2.45) is 0 Å². The van der Waals surface area contributed by atoms with Crippen LogP contribution in [0.2, 0.25) is 0 Å². The lowest BCUT2D eigenvalue weighted by atomic mass is 9.98. The van der Waals surface area contributed by atoms with E-state index in [2.05, 4.69) is 10.3 Å². The van der Waals surface area contributed by atoms with E-state index in [1.165, 1.54) is 17.0 Å². The molecule has 0 bridgehead atoms. The third-order valence-electron chi connectivity index (χ3n) is 6.55. The Balaban J connectivity index is 1.58. The standard InChI is InChI=1S/C27H31N3O6S/c1-4-20(23(31)29-18-11-9-10-17(14-18)26(33)35-5-2)30-15-28-24-21(25(30)32)16(3)22(37-24)27(34)36-19-12-7-6-8-13-19/h9-11,14-15,19-20H,4-8,12-13H2,1-3H3,(H,29,31). The second kappa shape index (κ2) is 11.7. The second-order valence-corrected chi connectivity index (χ2v) is 10.1. The molecular formula is C27H31N3O6S. The van der Waals surface area contributed by atoms with Crippen molar-refractivity contribution in [2.75, 3.05) is 11.9 Å². The summed E-state index contributed by atoms with van der Waals surface area (Å²) in [6.45, 7) is 5.47. The van der Waals surface area contributed by atoms with Crippen LogP contribution in [-0.4, -0.2) is 40.1 Å². The summed E-state index contributed by atoms with van der Waals surface area (Å²) in [6, 6.07) is 5.59. The van der Waals surface area contributed by atoms with Crippen LogP contribution in [0.1, 0.15) is 84.0 Å². The van der Waals surface area contributed by atoms with Gasteiger partial charge >= 0.3 is 11.9 Å². The van der Waals surface area contributed by atoms with E-state index >= 15 is 0 Å². The number of anilines is 1.